The minimum absolute atomic E-state index is 0.764. The number of hydrogen-bond acceptors (Lipinski definition) is 4. The molecule has 3 rings (SSSR count). The summed E-state index contributed by atoms with van der Waals surface area (Å²) in [5.74, 6) is -1.84. The van der Waals surface area contributed by atoms with Crippen LogP contribution in [0, 0.1) is 0 Å². The first-order valence-electron chi connectivity index (χ1n) is 8.44. The van der Waals surface area contributed by atoms with Crippen molar-refractivity contribution < 1.29 is 27.8 Å². The van der Waals surface area contributed by atoms with Crippen molar-refractivity contribution in [3.8, 4) is 5.75 Å². The number of H-pyrrole nitrogens is 1. The first-order valence-corrected chi connectivity index (χ1v) is 8.44. The second-order valence-electron chi connectivity index (χ2n) is 6.18. The minimum atomic E-state index is -5.08. The summed E-state index contributed by atoms with van der Waals surface area (Å²) in [6.07, 6.45) is 2.28. The van der Waals surface area contributed by atoms with E-state index < -0.39 is 12.1 Å². The maximum absolute atomic E-state index is 10.6. The van der Waals surface area contributed by atoms with Crippen molar-refractivity contribution in [3.63, 3.8) is 0 Å². The third kappa shape index (κ3) is 7.30. The average molecular weight is 385 g/mol. The van der Waals surface area contributed by atoms with Crippen molar-refractivity contribution in [2.45, 2.75) is 38.0 Å². The summed E-state index contributed by atoms with van der Waals surface area (Å²) in [6, 6.07) is 9.15. The molecule has 0 aliphatic heterocycles. The average Bonchev–Trinajstić information content (AvgIpc) is 3.34. The van der Waals surface area contributed by atoms with Crippen molar-refractivity contribution in [2.75, 3.05) is 13.7 Å². The molecule has 0 saturated heterocycles. The summed E-state index contributed by atoms with van der Waals surface area (Å²) >= 11 is 0. The quantitative estimate of drug-likeness (QED) is 0.765. The van der Waals surface area contributed by atoms with Crippen molar-refractivity contribution in [3.05, 3.63) is 48.0 Å². The molecule has 9 heteroatoms. The molecule has 0 atom stereocenters. The molecule has 1 saturated carbocycles. The fraction of sp³-hybridized carbons (Fsp3) is 0.444. The lowest BCUT2D eigenvalue weighted by Gasteiger charge is -2.21. The topological polar surface area (TPSA) is 78.5 Å². The molecule has 27 heavy (non-hydrogen) atoms. The number of imidazole rings is 1. The number of carbonyl (C=O) groups is 1. The number of rotatable bonds is 7. The summed E-state index contributed by atoms with van der Waals surface area (Å²) in [4.78, 5) is 18.7. The molecule has 0 amide bonds. The Morgan fingerprint density at radius 2 is 1.96 bits per heavy atom. The highest BCUT2D eigenvalue weighted by atomic mass is 19.4. The van der Waals surface area contributed by atoms with Crippen LogP contribution in [0.1, 0.15) is 24.1 Å². The number of carboxylic acids is 1. The number of methoxy groups -OCH3 is 1. The highest BCUT2D eigenvalue weighted by molar-refractivity contribution is 5.73. The normalized spacial score (nSPS) is 13.8. The first-order chi connectivity index (χ1) is 12.8. The molecule has 0 spiro atoms. The van der Waals surface area contributed by atoms with Gasteiger partial charge in [-0.15, -0.1) is 0 Å². The Morgan fingerprint density at radius 3 is 2.41 bits per heavy atom. The second kappa shape index (κ2) is 9.40. The molecule has 0 bridgehead atoms. The van der Waals surface area contributed by atoms with Gasteiger partial charge in [-0.25, -0.2) is 9.78 Å². The highest BCUT2D eigenvalue weighted by Gasteiger charge is 2.38. The predicted molar refractivity (Wildman–Crippen MR) is 92.4 cm³/mol. The van der Waals surface area contributed by atoms with Crippen LogP contribution >= 0.6 is 0 Å². The Morgan fingerprint density at radius 1 is 1.33 bits per heavy atom. The maximum Gasteiger partial charge on any atom is 0.490 e. The number of hydrogen-bond donors (Lipinski definition) is 2. The highest BCUT2D eigenvalue weighted by Crippen LogP contribution is 2.28. The molecule has 2 N–H and O–H groups in total. The van der Waals surface area contributed by atoms with Crippen molar-refractivity contribution in [2.24, 2.45) is 0 Å². The molecule has 1 heterocycles. The van der Waals surface area contributed by atoms with Gasteiger partial charge in [0, 0.05) is 37.4 Å². The van der Waals surface area contributed by atoms with Crippen LogP contribution in [0.2, 0.25) is 0 Å². The third-order valence-corrected chi connectivity index (χ3v) is 4.07. The van der Waals surface area contributed by atoms with Gasteiger partial charge < -0.3 is 14.8 Å². The molecule has 1 aliphatic rings. The van der Waals surface area contributed by atoms with E-state index in [0.29, 0.717) is 0 Å². The van der Waals surface area contributed by atoms with Gasteiger partial charge in [0.2, 0.25) is 0 Å². The number of nitrogens with one attached hydrogen (secondary N) is 1. The smallest absolute Gasteiger partial charge is 0.490 e. The van der Waals surface area contributed by atoms with E-state index in [1.165, 1.54) is 24.1 Å². The van der Waals surface area contributed by atoms with Gasteiger partial charge in [0.15, 0.2) is 0 Å². The number of ether oxygens (including phenoxy) is 1. The third-order valence-electron chi connectivity index (χ3n) is 4.07. The molecule has 2 aromatic rings. The first kappa shape index (κ1) is 20.8. The lowest BCUT2D eigenvalue weighted by molar-refractivity contribution is -0.192. The van der Waals surface area contributed by atoms with E-state index in [1.54, 1.807) is 13.4 Å². The Balaban J connectivity index is 0.000000321. The lowest BCUT2D eigenvalue weighted by Crippen LogP contribution is -2.28. The van der Waals surface area contributed by atoms with E-state index in [1.807, 2.05) is 18.3 Å². The molecular weight excluding hydrogens is 363 g/mol. The van der Waals surface area contributed by atoms with Gasteiger partial charge in [-0.3, -0.25) is 4.90 Å². The number of halogens is 3. The Kier molecular flexibility index (Phi) is 7.23. The molecule has 1 fully saturated rings. The summed E-state index contributed by atoms with van der Waals surface area (Å²) in [7, 11) is 1.70. The van der Waals surface area contributed by atoms with Crippen LogP contribution in [0.3, 0.4) is 0 Å². The maximum atomic E-state index is 10.6. The van der Waals surface area contributed by atoms with Gasteiger partial charge in [0.05, 0.1) is 13.4 Å². The zero-order valence-electron chi connectivity index (χ0n) is 14.9. The fourth-order valence-electron chi connectivity index (χ4n) is 2.48. The van der Waals surface area contributed by atoms with Crippen molar-refractivity contribution in [1.29, 1.82) is 0 Å². The van der Waals surface area contributed by atoms with E-state index in [0.717, 1.165) is 31.3 Å². The predicted octanol–water partition coefficient (Wildman–Crippen LogP) is 3.26. The van der Waals surface area contributed by atoms with Crippen LogP contribution in [0.15, 0.2) is 36.8 Å². The van der Waals surface area contributed by atoms with Crippen LogP contribution in [0.4, 0.5) is 13.2 Å². The fourth-order valence-corrected chi connectivity index (χ4v) is 2.48. The molecule has 1 aliphatic carbocycles. The van der Waals surface area contributed by atoms with E-state index in [4.69, 9.17) is 14.6 Å². The van der Waals surface area contributed by atoms with Crippen molar-refractivity contribution >= 4 is 5.97 Å². The molecule has 1 aromatic heterocycles. The number of alkyl halides is 3. The summed E-state index contributed by atoms with van der Waals surface area (Å²) in [5, 5.41) is 7.12. The molecule has 148 valence electrons. The Hall–Kier alpha value is -2.55. The van der Waals surface area contributed by atoms with E-state index in [2.05, 4.69) is 27.0 Å². The number of nitrogens with zero attached hydrogens (tertiary/aromatic N) is 2. The SMILES string of the molecule is COc1ccc(CN(CCc2cnc[nH]2)C2CC2)cc1.O=C(O)C(F)(F)F. The van der Waals surface area contributed by atoms with Crippen LogP contribution in [-0.2, 0) is 17.8 Å². The standard InChI is InChI=1S/C16H21N3O.C2HF3O2/c1-20-16-6-2-13(3-7-16)11-19(15-4-5-15)9-8-14-10-17-12-18-14;3-2(4,5)1(6)7/h2-3,6-7,10,12,15H,4-5,8-9,11H2,1H3,(H,17,18);(H,6,7). The van der Waals surface area contributed by atoms with Gasteiger partial charge >= 0.3 is 12.1 Å². The molecular formula is C18H22F3N3O3. The van der Waals surface area contributed by atoms with Crippen LogP contribution in [0.5, 0.6) is 5.75 Å². The molecule has 6 nitrogen and oxygen atoms in total. The number of aliphatic carboxylic acids is 1. The van der Waals surface area contributed by atoms with Crippen LogP contribution < -0.4 is 4.74 Å². The van der Waals surface area contributed by atoms with Crippen LogP contribution in [0.25, 0.3) is 0 Å². The van der Waals surface area contributed by atoms with Gasteiger partial charge in [-0.2, -0.15) is 13.2 Å². The lowest BCUT2D eigenvalue weighted by atomic mass is 10.2. The number of benzene rings is 1. The number of aromatic amines is 1. The zero-order chi connectivity index (χ0) is 19.9. The van der Waals surface area contributed by atoms with E-state index in [9.17, 15) is 13.2 Å². The number of carboxylic acid groups (broad SMARTS) is 1. The van der Waals surface area contributed by atoms with E-state index >= 15 is 0 Å². The molecule has 0 unspecified atom stereocenters. The van der Waals surface area contributed by atoms with Gasteiger partial charge in [0.1, 0.15) is 5.75 Å². The minimum Gasteiger partial charge on any atom is -0.497 e. The van der Waals surface area contributed by atoms with Gasteiger partial charge in [-0.05, 0) is 30.5 Å². The largest absolute Gasteiger partial charge is 0.497 e. The van der Waals surface area contributed by atoms with E-state index in [-0.39, 0.29) is 0 Å². The summed E-state index contributed by atoms with van der Waals surface area (Å²) < 4.78 is 36.9. The second-order valence-corrected chi connectivity index (χ2v) is 6.18. The Bertz CT molecular complexity index is 699. The van der Waals surface area contributed by atoms with Crippen molar-refractivity contribution in [1.82, 2.24) is 14.9 Å². The number of aromatic nitrogens is 2. The monoisotopic (exact) mass is 385 g/mol. The van der Waals surface area contributed by atoms with Gasteiger partial charge in [-0.1, -0.05) is 12.1 Å². The summed E-state index contributed by atoms with van der Waals surface area (Å²) in [5.41, 5.74) is 2.56. The molecule has 1 aromatic carbocycles. The summed E-state index contributed by atoms with van der Waals surface area (Å²) in [6.45, 7) is 2.10. The molecule has 0 radical (unpaired) electrons. The van der Waals surface area contributed by atoms with Gasteiger partial charge in [0.25, 0.3) is 0 Å². The zero-order valence-corrected chi connectivity index (χ0v) is 14.9. The van der Waals surface area contributed by atoms with Crippen LogP contribution in [-0.4, -0.2) is 51.8 Å². The Labute approximate surface area is 155 Å².